The molecule has 1 aromatic carbocycles. The van der Waals surface area contributed by atoms with Gasteiger partial charge in [0.05, 0.1) is 6.21 Å². The molecular weight excluding hydrogens is 164 g/mol. The molecular formula is C10H12N2O. The first-order chi connectivity index (χ1) is 6.36. The number of aryl methyl sites for hydroxylation is 1. The normalized spacial score (nSPS) is 10.2. The molecule has 0 aromatic heterocycles. The highest BCUT2D eigenvalue weighted by atomic mass is 16.1. The van der Waals surface area contributed by atoms with E-state index in [0.717, 1.165) is 12.0 Å². The molecule has 0 saturated carbocycles. The Labute approximate surface area is 77.5 Å². The highest BCUT2D eigenvalue weighted by molar-refractivity contribution is 5.79. The molecule has 0 heterocycles. The molecule has 1 aromatic rings. The SMILES string of the molecule is CCc1ccc(/C=N\NC=O)cc1. The van der Waals surface area contributed by atoms with Crippen LogP contribution in [0.1, 0.15) is 18.1 Å². The molecule has 0 aliphatic carbocycles. The number of amides is 1. The lowest BCUT2D eigenvalue weighted by Gasteiger charge is -1.96. The smallest absolute Gasteiger partial charge is 0.227 e. The van der Waals surface area contributed by atoms with Gasteiger partial charge < -0.3 is 0 Å². The van der Waals surface area contributed by atoms with Crippen LogP contribution in [0.3, 0.4) is 0 Å². The zero-order valence-electron chi connectivity index (χ0n) is 7.53. The molecule has 0 saturated heterocycles. The molecule has 0 aliphatic rings. The van der Waals surface area contributed by atoms with E-state index in [1.54, 1.807) is 6.21 Å². The highest BCUT2D eigenvalue weighted by Gasteiger charge is 1.88. The maximum Gasteiger partial charge on any atom is 0.227 e. The quantitative estimate of drug-likeness (QED) is 0.419. The fourth-order valence-electron chi connectivity index (χ4n) is 0.982. The molecule has 1 amide bonds. The van der Waals surface area contributed by atoms with Gasteiger partial charge in [0, 0.05) is 0 Å². The van der Waals surface area contributed by atoms with Gasteiger partial charge in [0.25, 0.3) is 0 Å². The third-order valence-corrected chi connectivity index (χ3v) is 1.73. The maximum atomic E-state index is 9.87. The summed E-state index contributed by atoms with van der Waals surface area (Å²) < 4.78 is 0. The molecule has 0 unspecified atom stereocenters. The van der Waals surface area contributed by atoms with Crippen LogP contribution < -0.4 is 5.43 Å². The van der Waals surface area contributed by atoms with E-state index in [9.17, 15) is 4.79 Å². The van der Waals surface area contributed by atoms with E-state index in [2.05, 4.69) is 17.5 Å². The molecule has 68 valence electrons. The van der Waals surface area contributed by atoms with Crippen molar-refractivity contribution >= 4 is 12.6 Å². The molecule has 3 nitrogen and oxygen atoms in total. The number of carbonyl (C=O) groups excluding carboxylic acids is 1. The summed E-state index contributed by atoms with van der Waals surface area (Å²) in [4.78, 5) is 9.87. The summed E-state index contributed by atoms with van der Waals surface area (Å²) in [5.41, 5.74) is 4.48. The summed E-state index contributed by atoms with van der Waals surface area (Å²) in [5, 5.41) is 3.67. The van der Waals surface area contributed by atoms with Crippen LogP contribution in [0.15, 0.2) is 29.4 Å². The minimum absolute atomic E-state index is 0.539. The first-order valence-electron chi connectivity index (χ1n) is 4.18. The third-order valence-electron chi connectivity index (χ3n) is 1.73. The Balaban J connectivity index is 2.63. The zero-order chi connectivity index (χ0) is 9.52. The number of nitrogens with one attached hydrogen (secondary N) is 1. The van der Waals surface area contributed by atoms with Crippen LogP contribution in [0.4, 0.5) is 0 Å². The van der Waals surface area contributed by atoms with Crippen LogP contribution in [0.2, 0.25) is 0 Å². The van der Waals surface area contributed by atoms with E-state index in [1.165, 1.54) is 5.56 Å². The van der Waals surface area contributed by atoms with Gasteiger partial charge in [-0.3, -0.25) is 4.79 Å². The van der Waals surface area contributed by atoms with Crippen molar-refractivity contribution in [3.8, 4) is 0 Å². The van der Waals surface area contributed by atoms with Crippen LogP contribution in [0, 0.1) is 0 Å². The van der Waals surface area contributed by atoms with Crippen molar-refractivity contribution in [1.29, 1.82) is 0 Å². The Hall–Kier alpha value is -1.64. The van der Waals surface area contributed by atoms with E-state index in [-0.39, 0.29) is 0 Å². The fraction of sp³-hybridized carbons (Fsp3) is 0.200. The summed E-state index contributed by atoms with van der Waals surface area (Å²) in [6.45, 7) is 2.11. The van der Waals surface area contributed by atoms with Crippen molar-refractivity contribution in [2.24, 2.45) is 5.10 Å². The Kier molecular flexibility index (Phi) is 3.70. The average Bonchev–Trinajstić information content (AvgIpc) is 2.19. The van der Waals surface area contributed by atoms with Crippen LogP contribution >= 0.6 is 0 Å². The summed E-state index contributed by atoms with van der Waals surface area (Å²) in [6, 6.07) is 8.02. The van der Waals surface area contributed by atoms with Gasteiger partial charge in [-0.2, -0.15) is 5.10 Å². The lowest BCUT2D eigenvalue weighted by Crippen LogP contribution is -2.00. The maximum absolute atomic E-state index is 9.87. The van der Waals surface area contributed by atoms with Crippen LogP contribution in [-0.4, -0.2) is 12.6 Å². The molecule has 0 aliphatic heterocycles. The van der Waals surface area contributed by atoms with Crippen molar-refractivity contribution in [2.45, 2.75) is 13.3 Å². The number of rotatable bonds is 4. The van der Waals surface area contributed by atoms with E-state index in [4.69, 9.17) is 0 Å². The third kappa shape index (κ3) is 3.07. The molecule has 0 spiro atoms. The van der Waals surface area contributed by atoms with E-state index < -0.39 is 0 Å². The first-order valence-corrected chi connectivity index (χ1v) is 4.18. The number of carbonyl (C=O) groups is 1. The predicted octanol–water partition coefficient (Wildman–Crippen LogP) is 1.33. The lowest BCUT2D eigenvalue weighted by molar-refractivity contribution is -0.109. The summed E-state index contributed by atoms with van der Waals surface area (Å²) in [7, 11) is 0. The van der Waals surface area contributed by atoms with E-state index in [1.807, 2.05) is 24.3 Å². The average molecular weight is 176 g/mol. The number of hydrogen-bond acceptors (Lipinski definition) is 2. The molecule has 1 N–H and O–H groups in total. The van der Waals surface area contributed by atoms with Crippen molar-refractivity contribution < 1.29 is 4.79 Å². The van der Waals surface area contributed by atoms with Crippen molar-refractivity contribution in [2.75, 3.05) is 0 Å². The number of hydrogen-bond donors (Lipinski definition) is 1. The Morgan fingerprint density at radius 1 is 1.38 bits per heavy atom. The number of nitrogens with zero attached hydrogens (tertiary/aromatic N) is 1. The second kappa shape index (κ2) is 5.09. The zero-order valence-corrected chi connectivity index (χ0v) is 7.53. The van der Waals surface area contributed by atoms with Crippen LogP contribution in [0.25, 0.3) is 0 Å². The molecule has 13 heavy (non-hydrogen) atoms. The largest absolute Gasteiger partial charge is 0.277 e. The number of hydrazone groups is 1. The van der Waals surface area contributed by atoms with Crippen molar-refractivity contribution in [3.05, 3.63) is 35.4 Å². The second-order valence-corrected chi connectivity index (χ2v) is 2.60. The summed E-state index contributed by atoms with van der Waals surface area (Å²) in [5.74, 6) is 0. The lowest BCUT2D eigenvalue weighted by atomic mass is 10.1. The number of benzene rings is 1. The van der Waals surface area contributed by atoms with Gasteiger partial charge in [-0.1, -0.05) is 31.2 Å². The topological polar surface area (TPSA) is 41.5 Å². The Morgan fingerprint density at radius 2 is 2.08 bits per heavy atom. The van der Waals surface area contributed by atoms with Gasteiger partial charge >= 0.3 is 0 Å². The molecule has 0 radical (unpaired) electrons. The molecule has 0 bridgehead atoms. The molecule has 0 fully saturated rings. The Bertz CT molecular complexity index is 290. The van der Waals surface area contributed by atoms with Gasteiger partial charge in [0.15, 0.2) is 0 Å². The minimum atomic E-state index is 0.539. The second-order valence-electron chi connectivity index (χ2n) is 2.60. The van der Waals surface area contributed by atoms with Crippen LogP contribution in [0.5, 0.6) is 0 Å². The van der Waals surface area contributed by atoms with Gasteiger partial charge in [-0.25, -0.2) is 5.43 Å². The van der Waals surface area contributed by atoms with Crippen molar-refractivity contribution in [1.82, 2.24) is 5.43 Å². The van der Waals surface area contributed by atoms with Gasteiger partial charge in [0.1, 0.15) is 0 Å². The van der Waals surface area contributed by atoms with Crippen molar-refractivity contribution in [3.63, 3.8) is 0 Å². The molecule has 0 atom stereocenters. The fourth-order valence-corrected chi connectivity index (χ4v) is 0.982. The van der Waals surface area contributed by atoms with Gasteiger partial charge in [-0.15, -0.1) is 0 Å². The van der Waals surface area contributed by atoms with E-state index >= 15 is 0 Å². The predicted molar refractivity (Wildman–Crippen MR) is 52.6 cm³/mol. The van der Waals surface area contributed by atoms with E-state index in [0.29, 0.717) is 6.41 Å². The first kappa shape index (κ1) is 9.45. The standard InChI is InChI=1S/C10H12N2O/c1-2-9-3-5-10(6-4-9)7-11-12-8-13/h3-8H,2H2,1H3,(H,12,13)/b11-7-. The summed E-state index contributed by atoms with van der Waals surface area (Å²) >= 11 is 0. The highest BCUT2D eigenvalue weighted by Crippen LogP contribution is 2.02. The van der Waals surface area contributed by atoms with Gasteiger partial charge in [-0.05, 0) is 17.5 Å². The van der Waals surface area contributed by atoms with Crippen LogP contribution in [-0.2, 0) is 11.2 Å². The summed E-state index contributed by atoms with van der Waals surface area (Å²) in [6.07, 6.45) is 3.18. The van der Waals surface area contributed by atoms with Gasteiger partial charge in [0.2, 0.25) is 6.41 Å². The minimum Gasteiger partial charge on any atom is -0.277 e. The molecule has 1 rings (SSSR count). The monoisotopic (exact) mass is 176 g/mol. The Morgan fingerprint density at radius 3 is 2.62 bits per heavy atom. The molecule has 3 heteroatoms.